The van der Waals surface area contributed by atoms with E-state index >= 15 is 0 Å². The van der Waals surface area contributed by atoms with Crippen molar-refractivity contribution >= 4 is 11.9 Å². The molecule has 1 aromatic carbocycles. The number of hydrogen-bond donors (Lipinski definition) is 1. The maximum atomic E-state index is 12.2. The van der Waals surface area contributed by atoms with Gasteiger partial charge in [0.05, 0.1) is 16.8 Å². The third kappa shape index (κ3) is 5.84. The normalized spacial score (nSPS) is 11.9. The van der Waals surface area contributed by atoms with E-state index in [4.69, 9.17) is 14.0 Å². The van der Waals surface area contributed by atoms with Gasteiger partial charge in [-0.3, -0.25) is 4.79 Å². The van der Waals surface area contributed by atoms with Crippen molar-refractivity contribution in [3.05, 3.63) is 46.8 Å². The molecule has 1 heterocycles. The van der Waals surface area contributed by atoms with E-state index < -0.39 is 12.1 Å². The molecule has 1 atom stereocenters. The Morgan fingerprint density at radius 3 is 2.37 bits per heavy atom. The zero-order valence-corrected chi connectivity index (χ0v) is 16.4. The molecule has 0 bridgehead atoms. The minimum atomic E-state index is -0.855. The van der Waals surface area contributed by atoms with Crippen LogP contribution in [0.25, 0.3) is 0 Å². The highest BCUT2D eigenvalue weighted by Gasteiger charge is 2.19. The predicted molar refractivity (Wildman–Crippen MR) is 99.5 cm³/mol. The summed E-state index contributed by atoms with van der Waals surface area (Å²) in [5, 5.41) is 6.62. The second kappa shape index (κ2) is 9.21. The van der Waals surface area contributed by atoms with Crippen molar-refractivity contribution in [2.75, 3.05) is 6.54 Å². The molecule has 0 saturated carbocycles. The molecule has 27 heavy (non-hydrogen) atoms. The molecule has 7 nitrogen and oxygen atoms in total. The van der Waals surface area contributed by atoms with Crippen LogP contribution < -0.4 is 10.1 Å². The summed E-state index contributed by atoms with van der Waals surface area (Å²) < 4.78 is 16.0. The van der Waals surface area contributed by atoms with Gasteiger partial charge in [-0.05, 0) is 51.0 Å². The first-order valence-corrected chi connectivity index (χ1v) is 8.91. The first kappa shape index (κ1) is 20.5. The SMILES string of the molecule is Cc1noc(C)c1COc1ccc(C(=O)OC(C)C(=O)NCC(C)C)cc1. The largest absolute Gasteiger partial charge is 0.489 e. The number of nitrogens with one attached hydrogen (secondary N) is 1. The summed E-state index contributed by atoms with van der Waals surface area (Å²) in [6.07, 6.45) is -0.855. The van der Waals surface area contributed by atoms with Crippen molar-refractivity contribution < 1.29 is 23.6 Å². The number of hydrogen-bond acceptors (Lipinski definition) is 6. The van der Waals surface area contributed by atoms with Gasteiger partial charge < -0.3 is 19.3 Å². The van der Waals surface area contributed by atoms with Gasteiger partial charge in [0.1, 0.15) is 18.1 Å². The third-order valence-corrected chi connectivity index (χ3v) is 3.99. The van der Waals surface area contributed by atoms with Gasteiger partial charge in [-0.15, -0.1) is 0 Å². The highest BCUT2D eigenvalue weighted by molar-refractivity contribution is 5.92. The number of carbonyl (C=O) groups excluding carboxylic acids is 2. The van der Waals surface area contributed by atoms with Gasteiger partial charge in [0.15, 0.2) is 6.10 Å². The van der Waals surface area contributed by atoms with Crippen LogP contribution in [0.5, 0.6) is 5.75 Å². The minimum Gasteiger partial charge on any atom is -0.489 e. The lowest BCUT2D eigenvalue weighted by Gasteiger charge is -2.14. The van der Waals surface area contributed by atoms with Crippen LogP contribution in [0.3, 0.4) is 0 Å². The Labute approximate surface area is 159 Å². The van der Waals surface area contributed by atoms with Gasteiger partial charge in [-0.2, -0.15) is 0 Å². The molecule has 0 radical (unpaired) electrons. The highest BCUT2D eigenvalue weighted by atomic mass is 16.5. The number of rotatable bonds is 8. The molecule has 0 saturated heterocycles. The zero-order valence-electron chi connectivity index (χ0n) is 16.4. The second-order valence-electron chi connectivity index (χ2n) is 6.80. The summed E-state index contributed by atoms with van der Waals surface area (Å²) >= 11 is 0. The number of benzene rings is 1. The van der Waals surface area contributed by atoms with Crippen molar-refractivity contribution in [1.29, 1.82) is 0 Å². The van der Waals surface area contributed by atoms with E-state index in [9.17, 15) is 9.59 Å². The number of aryl methyl sites for hydroxylation is 2. The molecule has 146 valence electrons. The van der Waals surface area contributed by atoms with Crippen molar-refractivity contribution in [1.82, 2.24) is 10.5 Å². The van der Waals surface area contributed by atoms with E-state index in [0.29, 0.717) is 30.4 Å². The fraction of sp³-hybridized carbons (Fsp3) is 0.450. The van der Waals surface area contributed by atoms with Crippen molar-refractivity contribution in [3.8, 4) is 5.75 Å². The molecule has 0 aliphatic heterocycles. The maximum Gasteiger partial charge on any atom is 0.338 e. The summed E-state index contributed by atoms with van der Waals surface area (Å²) in [5.41, 5.74) is 2.04. The lowest BCUT2D eigenvalue weighted by molar-refractivity contribution is -0.129. The Bertz CT molecular complexity index is 761. The van der Waals surface area contributed by atoms with E-state index in [1.165, 1.54) is 0 Å². The van der Waals surface area contributed by atoms with Gasteiger partial charge >= 0.3 is 5.97 Å². The molecule has 1 aromatic heterocycles. The molecule has 0 aliphatic rings. The van der Waals surface area contributed by atoms with Crippen LogP contribution in [0.4, 0.5) is 0 Å². The molecule has 0 fully saturated rings. The van der Waals surface area contributed by atoms with E-state index in [1.54, 1.807) is 31.2 Å². The first-order chi connectivity index (χ1) is 12.8. The quantitative estimate of drug-likeness (QED) is 0.714. The van der Waals surface area contributed by atoms with Gasteiger partial charge in [-0.25, -0.2) is 4.79 Å². The topological polar surface area (TPSA) is 90.7 Å². The third-order valence-electron chi connectivity index (χ3n) is 3.99. The molecule has 1 amide bonds. The Kier molecular flexibility index (Phi) is 6.98. The molecule has 1 N–H and O–H groups in total. The summed E-state index contributed by atoms with van der Waals surface area (Å²) in [7, 11) is 0. The van der Waals surface area contributed by atoms with Gasteiger partial charge in [0, 0.05) is 6.54 Å². The van der Waals surface area contributed by atoms with Crippen molar-refractivity contribution in [2.45, 2.75) is 47.3 Å². The molecule has 2 aromatic rings. The lowest BCUT2D eigenvalue weighted by atomic mass is 10.2. The van der Waals surface area contributed by atoms with E-state index in [-0.39, 0.29) is 5.91 Å². The second-order valence-corrected chi connectivity index (χ2v) is 6.80. The highest BCUT2D eigenvalue weighted by Crippen LogP contribution is 2.18. The predicted octanol–water partition coefficient (Wildman–Crippen LogP) is 3.19. The van der Waals surface area contributed by atoms with Crippen molar-refractivity contribution in [2.24, 2.45) is 5.92 Å². The zero-order chi connectivity index (χ0) is 20.0. The summed E-state index contributed by atoms with van der Waals surface area (Å²) in [6, 6.07) is 6.56. The molecule has 0 aliphatic carbocycles. The molecule has 1 unspecified atom stereocenters. The molecule has 7 heteroatoms. The van der Waals surface area contributed by atoms with Crippen LogP contribution in [-0.4, -0.2) is 29.7 Å². The number of aromatic nitrogens is 1. The Morgan fingerprint density at radius 2 is 1.81 bits per heavy atom. The average molecular weight is 374 g/mol. The number of ether oxygens (including phenoxy) is 2. The number of amides is 1. The van der Waals surface area contributed by atoms with Crippen LogP contribution in [0, 0.1) is 19.8 Å². The monoisotopic (exact) mass is 374 g/mol. The first-order valence-electron chi connectivity index (χ1n) is 8.91. The number of carbonyl (C=O) groups is 2. The van der Waals surface area contributed by atoms with Gasteiger partial charge in [0.2, 0.25) is 0 Å². The lowest BCUT2D eigenvalue weighted by Crippen LogP contribution is -2.37. The molecule has 0 spiro atoms. The Hall–Kier alpha value is -2.83. The number of nitrogens with zero attached hydrogens (tertiary/aromatic N) is 1. The molecular weight excluding hydrogens is 348 g/mol. The Morgan fingerprint density at radius 1 is 1.15 bits per heavy atom. The summed E-state index contributed by atoms with van der Waals surface area (Å²) in [6.45, 7) is 10.1. The Balaban J connectivity index is 1.88. The van der Waals surface area contributed by atoms with E-state index in [0.717, 1.165) is 17.0 Å². The summed E-state index contributed by atoms with van der Waals surface area (Å²) in [4.78, 5) is 24.1. The molecule has 2 rings (SSSR count). The van der Waals surface area contributed by atoms with Crippen LogP contribution in [0.1, 0.15) is 48.1 Å². The van der Waals surface area contributed by atoms with Crippen LogP contribution in [0.2, 0.25) is 0 Å². The fourth-order valence-corrected chi connectivity index (χ4v) is 2.28. The van der Waals surface area contributed by atoms with Crippen LogP contribution in [-0.2, 0) is 16.1 Å². The van der Waals surface area contributed by atoms with E-state index in [1.807, 2.05) is 27.7 Å². The smallest absolute Gasteiger partial charge is 0.338 e. The van der Waals surface area contributed by atoms with Gasteiger partial charge in [-0.1, -0.05) is 19.0 Å². The van der Waals surface area contributed by atoms with Crippen LogP contribution >= 0.6 is 0 Å². The standard InChI is InChI=1S/C20H26N2O5/c1-12(2)10-21-19(23)15(5)26-20(24)16-6-8-17(9-7-16)25-11-18-13(3)22-27-14(18)4/h6-9,12,15H,10-11H2,1-5H3,(H,21,23). The van der Waals surface area contributed by atoms with Crippen molar-refractivity contribution in [3.63, 3.8) is 0 Å². The van der Waals surface area contributed by atoms with Gasteiger partial charge in [0.25, 0.3) is 5.91 Å². The molecular formula is C20H26N2O5. The maximum absolute atomic E-state index is 12.2. The summed E-state index contributed by atoms with van der Waals surface area (Å²) in [5.74, 6) is 0.789. The van der Waals surface area contributed by atoms with E-state index in [2.05, 4.69) is 10.5 Å². The van der Waals surface area contributed by atoms with Crippen LogP contribution in [0.15, 0.2) is 28.8 Å². The minimum absolute atomic E-state index is 0.309. The number of esters is 1. The fourth-order valence-electron chi connectivity index (χ4n) is 2.28. The average Bonchev–Trinajstić information content (AvgIpc) is 2.96.